The van der Waals surface area contributed by atoms with Crippen LogP contribution in [0.4, 0.5) is 0 Å². The summed E-state index contributed by atoms with van der Waals surface area (Å²) >= 11 is 0. The van der Waals surface area contributed by atoms with Crippen molar-refractivity contribution in [2.45, 2.75) is 138 Å². The summed E-state index contributed by atoms with van der Waals surface area (Å²) in [6, 6.07) is 0. The molecule has 0 aromatic rings. The Labute approximate surface area is 329 Å². The third-order valence-corrected chi connectivity index (χ3v) is 10.0. The van der Waals surface area contributed by atoms with Gasteiger partial charge in [-0.15, -0.1) is 0 Å². The van der Waals surface area contributed by atoms with Crippen molar-refractivity contribution in [3.05, 3.63) is 0 Å². The van der Waals surface area contributed by atoms with Crippen molar-refractivity contribution < 1.29 is 93.6 Å². The fourth-order valence-corrected chi connectivity index (χ4v) is 6.17. The number of carbonyl (C=O) groups excluding carboxylic acids is 4. The first-order valence-electron chi connectivity index (χ1n) is 18.8. The standard InChI is InChI=1S/C34H60N4O19/c1-16-22(43)25(46)28(49)31(55-16)52-10-7-35-19(40)5-6-34(4,15-39)38(13-20(41)36-8-11-53-32-29(50)26(47)23(44)17(2)56-32)14-21(42)37-9-12-54-33-30(51)27(48)24(45)18(3)57-33/h15-18,22-33,43-51H,5-14H2,1-4H3,(H,35,40)(H,36,41)(H,37,42)/t16-,17-,18-,22+,23+,24+,25+,26+,27+,28-,29-,30-,31+,32+,33+,34?/m0/s1. The van der Waals surface area contributed by atoms with Gasteiger partial charge in [-0.1, -0.05) is 0 Å². The molecule has 57 heavy (non-hydrogen) atoms. The molecule has 1 unspecified atom stereocenters. The Balaban J connectivity index is 1.54. The molecule has 330 valence electrons. The third-order valence-electron chi connectivity index (χ3n) is 10.0. The number of carbonyl (C=O) groups is 4. The van der Waals surface area contributed by atoms with Crippen molar-refractivity contribution in [1.82, 2.24) is 20.9 Å². The zero-order chi connectivity index (χ0) is 42.6. The molecule has 12 N–H and O–H groups in total. The lowest BCUT2D eigenvalue weighted by Gasteiger charge is -2.39. The second-order valence-electron chi connectivity index (χ2n) is 14.5. The molecule has 0 bridgehead atoms. The van der Waals surface area contributed by atoms with Gasteiger partial charge in [-0.05, 0) is 34.1 Å². The number of aldehydes is 1. The molecular weight excluding hydrogens is 768 g/mol. The van der Waals surface area contributed by atoms with Crippen molar-refractivity contribution in [1.29, 1.82) is 0 Å². The predicted molar refractivity (Wildman–Crippen MR) is 189 cm³/mol. The number of aliphatic hydroxyl groups excluding tert-OH is 9. The summed E-state index contributed by atoms with van der Waals surface area (Å²) in [6.45, 7) is 4.00. The van der Waals surface area contributed by atoms with Crippen LogP contribution < -0.4 is 16.0 Å². The first kappa shape index (κ1) is 48.8. The van der Waals surface area contributed by atoms with Gasteiger partial charge in [0.1, 0.15) is 61.2 Å². The summed E-state index contributed by atoms with van der Waals surface area (Å²) in [4.78, 5) is 52.7. The maximum absolute atomic E-state index is 13.1. The maximum atomic E-state index is 13.1. The predicted octanol–water partition coefficient (Wildman–Crippen LogP) is -7.09. The molecule has 3 fully saturated rings. The molecule has 3 aliphatic rings. The van der Waals surface area contributed by atoms with E-state index >= 15 is 0 Å². The second-order valence-corrected chi connectivity index (χ2v) is 14.5. The van der Waals surface area contributed by atoms with E-state index in [0.29, 0.717) is 6.29 Å². The van der Waals surface area contributed by atoms with E-state index in [-0.39, 0.29) is 52.3 Å². The van der Waals surface area contributed by atoms with Gasteiger partial charge in [-0.3, -0.25) is 19.3 Å². The van der Waals surface area contributed by atoms with Crippen LogP contribution >= 0.6 is 0 Å². The van der Waals surface area contributed by atoms with E-state index in [1.807, 2.05) is 0 Å². The lowest BCUT2D eigenvalue weighted by atomic mass is 9.94. The van der Waals surface area contributed by atoms with Crippen LogP contribution in [0.3, 0.4) is 0 Å². The molecule has 0 spiro atoms. The number of nitrogens with zero attached hydrogens (tertiary/aromatic N) is 1. The highest BCUT2D eigenvalue weighted by atomic mass is 16.7. The van der Waals surface area contributed by atoms with Crippen LogP contribution in [0.2, 0.25) is 0 Å². The van der Waals surface area contributed by atoms with Crippen LogP contribution in [0.1, 0.15) is 40.5 Å². The lowest BCUT2D eigenvalue weighted by Crippen LogP contribution is -2.58. The minimum atomic E-state index is -1.56. The molecule has 3 heterocycles. The van der Waals surface area contributed by atoms with Gasteiger partial charge >= 0.3 is 0 Å². The molecular formula is C34H60N4O19. The summed E-state index contributed by atoms with van der Waals surface area (Å²) in [5.74, 6) is -1.84. The summed E-state index contributed by atoms with van der Waals surface area (Å²) < 4.78 is 32.3. The molecule has 23 nitrogen and oxygen atoms in total. The Kier molecular flexibility index (Phi) is 19.4. The van der Waals surface area contributed by atoms with Crippen molar-refractivity contribution in [2.24, 2.45) is 0 Å². The zero-order valence-corrected chi connectivity index (χ0v) is 32.4. The van der Waals surface area contributed by atoms with Crippen molar-refractivity contribution in [2.75, 3.05) is 52.5 Å². The highest BCUT2D eigenvalue weighted by molar-refractivity contribution is 5.83. The van der Waals surface area contributed by atoms with E-state index in [4.69, 9.17) is 28.4 Å². The average Bonchev–Trinajstić information content (AvgIpc) is 3.18. The molecule has 3 rings (SSSR count). The number of ether oxygens (including phenoxy) is 6. The number of nitrogens with one attached hydrogen (secondary N) is 3. The molecule has 0 radical (unpaired) electrons. The van der Waals surface area contributed by atoms with E-state index in [0.717, 1.165) is 0 Å². The minimum absolute atomic E-state index is 0.0579. The molecule has 23 heteroatoms. The maximum Gasteiger partial charge on any atom is 0.234 e. The van der Waals surface area contributed by atoms with Gasteiger partial charge < -0.3 is 95.1 Å². The van der Waals surface area contributed by atoms with Gasteiger partial charge in [-0.2, -0.15) is 0 Å². The van der Waals surface area contributed by atoms with Gasteiger partial charge in [0, 0.05) is 26.1 Å². The van der Waals surface area contributed by atoms with Crippen LogP contribution in [-0.4, -0.2) is 225 Å². The number of amides is 3. The Morgan fingerprint density at radius 2 is 0.877 bits per heavy atom. The lowest BCUT2D eigenvalue weighted by molar-refractivity contribution is -0.292. The topological polar surface area (TPSA) is 345 Å². The van der Waals surface area contributed by atoms with Crippen molar-refractivity contribution >= 4 is 24.0 Å². The minimum Gasteiger partial charge on any atom is -0.388 e. The molecule has 0 aromatic heterocycles. The first-order chi connectivity index (χ1) is 26.8. The summed E-state index contributed by atoms with van der Waals surface area (Å²) in [5.41, 5.74) is -1.55. The quantitative estimate of drug-likeness (QED) is 0.0378. The summed E-state index contributed by atoms with van der Waals surface area (Å²) in [5, 5.41) is 97.5. The van der Waals surface area contributed by atoms with Crippen LogP contribution in [-0.2, 0) is 47.6 Å². The Bertz CT molecular complexity index is 1230. The number of hydrogen-bond donors (Lipinski definition) is 12. The smallest absolute Gasteiger partial charge is 0.234 e. The van der Waals surface area contributed by atoms with Gasteiger partial charge in [0.25, 0.3) is 0 Å². The van der Waals surface area contributed by atoms with E-state index in [9.17, 15) is 65.1 Å². The summed E-state index contributed by atoms with van der Waals surface area (Å²) in [6.07, 6.45) is -19.4. The van der Waals surface area contributed by atoms with Gasteiger partial charge in [-0.25, -0.2) is 0 Å². The number of aliphatic hydroxyl groups is 9. The van der Waals surface area contributed by atoms with Crippen LogP contribution in [0.25, 0.3) is 0 Å². The van der Waals surface area contributed by atoms with Crippen molar-refractivity contribution in [3.63, 3.8) is 0 Å². The average molecular weight is 829 g/mol. The fourth-order valence-electron chi connectivity index (χ4n) is 6.17. The Morgan fingerprint density at radius 3 is 1.19 bits per heavy atom. The molecule has 16 atom stereocenters. The molecule has 0 aromatic carbocycles. The largest absolute Gasteiger partial charge is 0.388 e. The Morgan fingerprint density at radius 1 is 0.561 bits per heavy atom. The highest BCUT2D eigenvalue weighted by Gasteiger charge is 2.44. The normalized spacial score (nSPS) is 36.9. The fraction of sp³-hybridized carbons (Fsp3) is 0.882. The zero-order valence-electron chi connectivity index (χ0n) is 32.4. The van der Waals surface area contributed by atoms with Crippen molar-refractivity contribution in [3.8, 4) is 0 Å². The Hall–Kier alpha value is -2.56. The molecule has 3 saturated heterocycles. The monoisotopic (exact) mass is 828 g/mol. The van der Waals surface area contributed by atoms with E-state index in [2.05, 4.69) is 16.0 Å². The molecule has 3 amide bonds. The number of rotatable bonds is 21. The van der Waals surface area contributed by atoms with Gasteiger partial charge in [0.15, 0.2) is 18.9 Å². The summed E-state index contributed by atoms with van der Waals surface area (Å²) in [7, 11) is 0. The molecule has 3 aliphatic heterocycles. The SMILES string of the molecule is C[C@@H]1O[C@@H](OCCNC(=O)CCC(C)(C=O)N(CC(=O)NCCO[C@@H]2O[C@@H](C)[C@@H](O)[C@@H](O)[C@@H]2O)CC(=O)NCCO[C@@H]2O[C@@H](C)[C@@H](O)[C@@H](O)[C@@H]2O)[C@@H](O)[C@H](O)[C@@H]1O. The first-order valence-corrected chi connectivity index (χ1v) is 18.8. The van der Waals surface area contributed by atoms with Gasteiger partial charge in [0.05, 0.1) is 56.8 Å². The van der Waals surface area contributed by atoms with E-state index in [1.165, 1.54) is 32.6 Å². The van der Waals surface area contributed by atoms with Crippen LogP contribution in [0.5, 0.6) is 0 Å². The van der Waals surface area contributed by atoms with Crippen LogP contribution in [0.15, 0.2) is 0 Å². The molecule has 0 saturated carbocycles. The van der Waals surface area contributed by atoms with Crippen LogP contribution in [0, 0.1) is 0 Å². The molecule has 0 aliphatic carbocycles. The second kappa shape index (κ2) is 22.7. The van der Waals surface area contributed by atoms with E-state index in [1.54, 1.807) is 0 Å². The number of hydrogen-bond acceptors (Lipinski definition) is 20. The highest BCUT2D eigenvalue weighted by Crippen LogP contribution is 2.24. The van der Waals surface area contributed by atoms with Gasteiger partial charge in [0.2, 0.25) is 17.7 Å². The third kappa shape index (κ3) is 13.7. The van der Waals surface area contributed by atoms with E-state index < -0.39 is 128 Å².